The number of aromatic hydroxyl groups is 2. The average molecular weight is 1090 g/mol. The number of carboxylic acids is 2. The third-order valence-corrected chi connectivity index (χ3v) is 15.8. The minimum absolute atomic E-state index is 0.210. The van der Waals surface area contributed by atoms with E-state index in [-0.39, 0.29) is 28.2 Å². The zero-order chi connectivity index (χ0) is 55.6. The highest BCUT2D eigenvalue weighted by molar-refractivity contribution is 5.88. The molecular formula is C50H58O27. The number of carboxylic acid groups (broad SMARTS) is 2. The van der Waals surface area contributed by atoms with Crippen LogP contribution in [0.2, 0.25) is 0 Å². The number of carbonyl (C=O) groups is 4. The van der Waals surface area contributed by atoms with Crippen molar-refractivity contribution >= 4 is 23.9 Å². The molecule has 77 heavy (non-hydrogen) atoms. The van der Waals surface area contributed by atoms with Crippen molar-refractivity contribution < 1.29 is 134 Å². The average Bonchev–Trinajstić information content (AvgIpc) is 3.91. The molecule has 0 bridgehead atoms. The number of hydrogen-bond donors (Lipinski definition) is 15. The number of rotatable bonds is 16. The highest BCUT2D eigenvalue weighted by atomic mass is 16.8. The fraction of sp³-hybridized carbons (Fsp3) is 0.560. The van der Waals surface area contributed by atoms with Crippen LogP contribution < -0.4 is 0 Å². The first-order valence-electron chi connectivity index (χ1n) is 24.3. The van der Waals surface area contributed by atoms with Crippen molar-refractivity contribution in [2.45, 2.75) is 110 Å². The van der Waals surface area contributed by atoms with Gasteiger partial charge in [-0.25, -0.2) is 9.59 Å². The lowest BCUT2D eigenvalue weighted by Gasteiger charge is -2.50. The molecule has 420 valence electrons. The number of carbonyl (C=O) groups excluding carboxylic acids is 2. The molecule has 9 rings (SSSR count). The van der Waals surface area contributed by atoms with Gasteiger partial charge in [-0.3, -0.25) is 9.59 Å². The van der Waals surface area contributed by atoms with Crippen LogP contribution in [0.3, 0.4) is 0 Å². The molecule has 2 aromatic rings. The summed E-state index contributed by atoms with van der Waals surface area (Å²) in [4.78, 5) is 54.4. The zero-order valence-electron chi connectivity index (χ0n) is 40.2. The molecule has 15 N–H and O–H groups in total. The number of phenolic OH excluding ortho intramolecular Hbond substituents is 2. The number of benzene rings is 2. The maximum absolute atomic E-state index is 14.8. The molecular weight excluding hydrogens is 1030 g/mol. The van der Waals surface area contributed by atoms with E-state index < -0.39 is 201 Å². The number of allylic oxidation sites excluding steroid dienone is 1. The van der Waals surface area contributed by atoms with E-state index in [1.807, 2.05) is 0 Å². The Morgan fingerprint density at radius 3 is 1.45 bits per heavy atom. The van der Waals surface area contributed by atoms with Crippen molar-refractivity contribution in [2.24, 2.45) is 35.5 Å². The number of phenols is 2. The van der Waals surface area contributed by atoms with Crippen molar-refractivity contribution in [1.29, 1.82) is 0 Å². The summed E-state index contributed by atoms with van der Waals surface area (Å²) in [6.45, 7) is -3.63. The molecule has 0 amide bonds. The number of aliphatic hydroxyl groups is 11. The quantitative estimate of drug-likeness (QED) is 0.0560. The van der Waals surface area contributed by atoms with Crippen LogP contribution in [0.4, 0.5) is 0 Å². The van der Waals surface area contributed by atoms with Crippen molar-refractivity contribution in [1.82, 2.24) is 0 Å². The first-order valence-corrected chi connectivity index (χ1v) is 24.3. The van der Waals surface area contributed by atoms with Gasteiger partial charge in [-0.1, -0.05) is 36.4 Å². The number of hydrogen-bond acceptors (Lipinski definition) is 25. The molecule has 27 nitrogen and oxygen atoms in total. The highest BCUT2D eigenvalue weighted by Gasteiger charge is 2.65. The third-order valence-electron chi connectivity index (χ3n) is 15.8. The second-order valence-corrected chi connectivity index (χ2v) is 20.3. The Morgan fingerprint density at radius 1 is 0.558 bits per heavy atom. The third kappa shape index (κ3) is 10.1. The van der Waals surface area contributed by atoms with Gasteiger partial charge in [0.2, 0.25) is 12.6 Å². The fourth-order valence-electron chi connectivity index (χ4n) is 11.8. The Labute approximate surface area is 435 Å². The highest BCUT2D eigenvalue weighted by Crippen LogP contribution is 2.59. The second kappa shape index (κ2) is 21.8. The van der Waals surface area contributed by atoms with Gasteiger partial charge in [-0.15, -0.1) is 0 Å². The molecule has 0 radical (unpaired) electrons. The van der Waals surface area contributed by atoms with E-state index in [4.69, 9.17) is 37.9 Å². The first-order chi connectivity index (χ1) is 36.5. The maximum atomic E-state index is 14.8. The summed E-state index contributed by atoms with van der Waals surface area (Å²) in [6, 6.07) is 10.7. The maximum Gasteiger partial charge on any atom is 0.335 e. The molecule has 4 aliphatic heterocycles. The van der Waals surface area contributed by atoms with Gasteiger partial charge in [0.1, 0.15) is 84.7 Å². The van der Waals surface area contributed by atoms with E-state index in [9.17, 15) is 95.8 Å². The van der Waals surface area contributed by atoms with Gasteiger partial charge < -0.3 is 114 Å². The van der Waals surface area contributed by atoms with Crippen LogP contribution in [0.25, 0.3) is 0 Å². The van der Waals surface area contributed by atoms with Crippen LogP contribution in [0.5, 0.6) is 11.5 Å². The molecule has 0 spiro atoms. The van der Waals surface area contributed by atoms with E-state index in [2.05, 4.69) is 0 Å². The van der Waals surface area contributed by atoms with Crippen molar-refractivity contribution in [3.63, 3.8) is 0 Å². The minimum atomic E-state index is -2.41. The number of ether oxygens (including phenoxy) is 8. The largest absolute Gasteiger partial charge is 0.508 e. The molecule has 21 atom stereocenters. The monoisotopic (exact) mass is 1090 g/mol. The minimum Gasteiger partial charge on any atom is -0.508 e. The first kappa shape index (κ1) is 55.9. The number of aliphatic carboxylic acids is 2. The second-order valence-electron chi connectivity index (χ2n) is 20.3. The summed E-state index contributed by atoms with van der Waals surface area (Å²) in [6.07, 6.45) is -19.8. The Balaban J connectivity index is 0.991. The zero-order valence-corrected chi connectivity index (χ0v) is 40.2. The normalized spacial score (nSPS) is 42.0. The van der Waals surface area contributed by atoms with Gasteiger partial charge >= 0.3 is 23.9 Å². The number of fused-ring (bicyclic) bond motifs is 2. The number of esters is 2. The van der Waals surface area contributed by atoms with E-state index in [0.29, 0.717) is 0 Å². The molecule has 3 aliphatic carbocycles. The summed E-state index contributed by atoms with van der Waals surface area (Å²) in [7, 11) is 0. The smallest absolute Gasteiger partial charge is 0.335 e. The van der Waals surface area contributed by atoms with Gasteiger partial charge in [-0.05, 0) is 35.4 Å². The molecule has 2 aromatic carbocycles. The van der Waals surface area contributed by atoms with E-state index >= 15 is 0 Å². The van der Waals surface area contributed by atoms with Gasteiger partial charge in [0.15, 0.2) is 12.6 Å². The van der Waals surface area contributed by atoms with Crippen LogP contribution in [0, 0.1) is 35.5 Å². The Morgan fingerprint density at radius 2 is 1.00 bits per heavy atom. The van der Waals surface area contributed by atoms with Crippen LogP contribution >= 0.6 is 0 Å². The standard InChI is InChI=1S/C50H58O27/c51-12-26-35(56)37(58)39(60)47(74-26)76-45-33-22(23(14-70-45)41(62)63)9-10-49(33,68)16-72-43(66)31-28(18-1-5-20(53)6-2-18)32(29(31)19-3-7-21(54)8-4-19)44(67)73-17-50(69)11-25(55)30-24(42(64)65)15-71-46(34(30)50)77-48-40(61)38(59)36(57)27(13-52)75-48/h1-10,14-15,22,25-40,45-48,51-61,68-69H,11-13,16-17H2,(H,62,63)(H,64,65)/t22-,25+,26-,27-,28+,29+,30+,31?,32?,33-,34-,35-,36-,37+,38+,39-,40-,45+,46+,47+,48+,49+,50+/m1/s1. The van der Waals surface area contributed by atoms with Crippen LogP contribution in [-0.4, -0.2) is 218 Å². The molecule has 4 fully saturated rings. The molecule has 4 heterocycles. The number of aliphatic hydroxyl groups excluding tert-OH is 9. The van der Waals surface area contributed by atoms with Gasteiger partial charge in [0.25, 0.3) is 0 Å². The summed E-state index contributed by atoms with van der Waals surface area (Å²) >= 11 is 0. The predicted molar refractivity (Wildman–Crippen MR) is 245 cm³/mol. The Kier molecular flexibility index (Phi) is 15.8. The van der Waals surface area contributed by atoms with E-state index in [1.54, 1.807) is 0 Å². The van der Waals surface area contributed by atoms with E-state index in [1.165, 1.54) is 54.6 Å². The fourth-order valence-corrected chi connectivity index (χ4v) is 11.8. The topological polar surface area (TPSA) is 446 Å². The van der Waals surface area contributed by atoms with Crippen molar-refractivity contribution in [3.05, 3.63) is 95.5 Å². The summed E-state index contributed by atoms with van der Waals surface area (Å²) in [5.74, 6) is -16.6. The lowest BCUT2D eigenvalue weighted by atomic mass is 9.52. The lowest BCUT2D eigenvalue weighted by molar-refractivity contribution is -0.347. The lowest BCUT2D eigenvalue weighted by Crippen LogP contribution is -2.61. The summed E-state index contributed by atoms with van der Waals surface area (Å²) in [5.41, 5.74) is -5.14. The van der Waals surface area contributed by atoms with E-state index in [0.717, 1.165) is 18.6 Å². The van der Waals surface area contributed by atoms with Gasteiger partial charge in [0, 0.05) is 30.1 Å². The summed E-state index contributed by atoms with van der Waals surface area (Å²) < 4.78 is 45.5. The molecule has 7 aliphatic rings. The Hall–Kier alpha value is -5.86. The van der Waals surface area contributed by atoms with Crippen LogP contribution in [0.1, 0.15) is 29.4 Å². The van der Waals surface area contributed by atoms with Gasteiger partial charge in [-0.2, -0.15) is 0 Å². The molecule has 0 aromatic heterocycles. The van der Waals surface area contributed by atoms with Crippen LogP contribution in [0.15, 0.2) is 84.4 Å². The molecule has 0 unspecified atom stereocenters. The predicted octanol–water partition coefficient (Wildman–Crippen LogP) is -4.16. The van der Waals surface area contributed by atoms with Crippen molar-refractivity contribution in [3.8, 4) is 11.5 Å². The molecule has 2 saturated carbocycles. The molecule has 2 saturated heterocycles. The van der Waals surface area contributed by atoms with Crippen molar-refractivity contribution in [2.75, 3.05) is 26.4 Å². The van der Waals surface area contributed by atoms with Gasteiger partial charge in [0.05, 0.1) is 66.7 Å². The summed E-state index contributed by atoms with van der Waals surface area (Å²) in [5, 5.41) is 159. The Bertz CT molecular complexity index is 2550. The SMILES string of the molecule is O=C(O)C1=CO[C@@H](O[C@@H]2O[C@H](CO)[C@@H](O)[C@H](O)[C@H]2O)[C@H]2[C@@H]1[C@@H](O)C[C@]2(O)COC(=O)C1[C@@H](c2ccc(O)cc2)C(C(=O)OC[C@@]2(O)C=C[C@@H]3C(C(=O)O)=CO[C@@H](O[C@@H]4O[C@H](CO)[C@@H](O)[C@H](O)[C@H]4O)[C@@H]32)[C@@H]1c1ccc(O)cc1. The van der Waals surface area contributed by atoms with Crippen LogP contribution in [-0.2, 0) is 57.1 Å². The molecule has 27 heteroatoms.